The summed E-state index contributed by atoms with van der Waals surface area (Å²) in [6.45, 7) is 18.9. The molecule has 0 amide bonds. The van der Waals surface area contributed by atoms with Crippen molar-refractivity contribution in [2.24, 2.45) is 11.3 Å². The quantitative estimate of drug-likeness (QED) is 0.179. The highest BCUT2D eigenvalue weighted by atomic mass is 16.5. The van der Waals surface area contributed by atoms with Gasteiger partial charge in [0.25, 0.3) is 0 Å². The molecule has 0 aromatic heterocycles. The molecule has 0 aliphatic carbocycles. The zero-order valence-corrected chi connectivity index (χ0v) is 24.7. The Morgan fingerprint density at radius 1 is 0.744 bits per heavy atom. The molecule has 1 aliphatic heterocycles. The van der Waals surface area contributed by atoms with Crippen molar-refractivity contribution in [2.45, 2.75) is 54.5 Å². The summed E-state index contributed by atoms with van der Waals surface area (Å²) >= 11 is 0. The minimum absolute atomic E-state index is 0.237. The molecule has 0 bridgehead atoms. The molecule has 0 unspecified atom stereocenters. The lowest BCUT2D eigenvalue weighted by Crippen LogP contribution is -2.48. The normalized spacial score (nSPS) is 15.5. The summed E-state index contributed by atoms with van der Waals surface area (Å²) in [5.74, 6) is 0.618. The Morgan fingerprint density at radius 3 is 1.92 bits per heavy atom. The van der Waals surface area contributed by atoms with Crippen molar-refractivity contribution in [3.63, 3.8) is 0 Å². The maximum atomic E-state index is 12.7. The fourth-order valence-corrected chi connectivity index (χ4v) is 5.17. The predicted octanol–water partition coefficient (Wildman–Crippen LogP) is 7.78. The van der Waals surface area contributed by atoms with E-state index in [0.717, 1.165) is 37.3 Å². The van der Waals surface area contributed by atoms with Gasteiger partial charge in [0, 0.05) is 37.9 Å². The third kappa shape index (κ3) is 6.99. The van der Waals surface area contributed by atoms with Crippen molar-refractivity contribution < 1.29 is 9.53 Å². The summed E-state index contributed by atoms with van der Waals surface area (Å²) in [6.07, 6.45) is 0. The summed E-state index contributed by atoms with van der Waals surface area (Å²) in [5.41, 5.74) is 6.53. The van der Waals surface area contributed by atoms with Crippen LogP contribution < -0.4 is 9.64 Å². The number of esters is 1. The van der Waals surface area contributed by atoms with Gasteiger partial charge in [0.15, 0.2) is 0 Å². The van der Waals surface area contributed by atoms with Crippen molar-refractivity contribution >= 4 is 22.8 Å². The van der Waals surface area contributed by atoms with E-state index in [2.05, 4.69) is 98.2 Å². The molecule has 1 saturated heterocycles. The number of benzene rings is 3. The van der Waals surface area contributed by atoms with Crippen LogP contribution in [0.5, 0.6) is 5.75 Å². The Bertz CT molecular complexity index is 1280. The van der Waals surface area contributed by atoms with Gasteiger partial charge in [0.05, 0.1) is 5.41 Å². The molecule has 0 atom stereocenters. The van der Waals surface area contributed by atoms with Crippen molar-refractivity contribution in [1.82, 2.24) is 4.90 Å². The average molecular weight is 525 g/mol. The molecule has 0 saturated carbocycles. The van der Waals surface area contributed by atoms with Crippen LogP contribution in [0.25, 0.3) is 11.1 Å². The van der Waals surface area contributed by atoms with E-state index in [1.807, 2.05) is 39.0 Å². The summed E-state index contributed by atoms with van der Waals surface area (Å²) < 4.78 is 5.80. The van der Waals surface area contributed by atoms with Crippen LogP contribution in [0.2, 0.25) is 0 Å². The van der Waals surface area contributed by atoms with Gasteiger partial charge in [-0.25, -0.2) is 0 Å². The van der Waals surface area contributed by atoms with E-state index >= 15 is 0 Å². The molecular weight excluding hydrogens is 480 g/mol. The first-order chi connectivity index (χ1) is 18.5. The Balaban J connectivity index is 1.76. The maximum absolute atomic E-state index is 12.7. The van der Waals surface area contributed by atoms with E-state index < -0.39 is 5.41 Å². The van der Waals surface area contributed by atoms with Crippen LogP contribution in [-0.4, -0.2) is 43.1 Å². The van der Waals surface area contributed by atoms with Gasteiger partial charge < -0.3 is 9.64 Å². The van der Waals surface area contributed by atoms with Crippen molar-refractivity contribution in [3.8, 4) is 5.75 Å². The second kappa shape index (κ2) is 12.2. The number of carbonyl (C=O) groups is 1. The molecule has 206 valence electrons. The summed E-state index contributed by atoms with van der Waals surface area (Å²) in [5, 5.41) is 0. The third-order valence-electron chi connectivity index (χ3n) is 7.44. The van der Waals surface area contributed by atoms with Crippen LogP contribution in [0, 0.1) is 11.3 Å². The Morgan fingerprint density at radius 2 is 1.36 bits per heavy atom. The molecule has 3 aromatic carbocycles. The lowest BCUT2D eigenvalue weighted by Gasteiger charge is -2.38. The molecule has 1 aliphatic rings. The standard InChI is InChI=1S/C35H44N2O2/c1-25(2)32(27-12-9-8-10-13-27)33(29-14-11-15-31(24-29)39-34(38)35(5,6)7)28-16-18-30(19-17-28)37-22-20-36(21-23-37)26(3)4/h8-19,24-26H,20-23H2,1-7H3/b33-32+. The summed E-state index contributed by atoms with van der Waals surface area (Å²) in [4.78, 5) is 17.7. The number of carbonyl (C=O) groups excluding carboxylic acids is 1. The van der Waals surface area contributed by atoms with E-state index in [-0.39, 0.29) is 11.9 Å². The highest BCUT2D eigenvalue weighted by Crippen LogP contribution is 2.38. The molecule has 1 fully saturated rings. The number of hydrogen-bond acceptors (Lipinski definition) is 4. The van der Waals surface area contributed by atoms with Gasteiger partial charge in [-0.05, 0) is 92.6 Å². The highest BCUT2D eigenvalue weighted by molar-refractivity contribution is 5.99. The van der Waals surface area contributed by atoms with Crippen LogP contribution in [0.15, 0.2) is 78.9 Å². The minimum atomic E-state index is -0.571. The zero-order valence-electron chi connectivity index (χ0n) is 24.7. The number of allylic oxidation sites excluding steroid dienone is 1. The zero-order chi connectivity index (χ0) is 28.2. The van der Waals surface area contributed by atoms with Gasteiger partial charge in [-0.15, -0.1) is 0 Å². The van der Waals surface area contributed by atoms with Crippen LogP contribution >= 0.6 is 0 Å². The van der Waals surface area contributed by atoms with Crippen molar-refractivity contribution in [2.75, 3.05) is 31.1 Å². The lowest BCUT2D eigenvalue weighted by molar-refractivity contribution is -0.142. The molecule has 4 nitrogen and oxygen atoms in total. The van der Waals surface area contributed by atoms with E-state index in [4.69, 9.17) is 4.74 Å². The van der Waals surface area contributed by atoms with Gasteiger partial charge in [-0.2, -0.15) is 0 Å². The second-order valence-corrected chi connectivity index (χ2v) is 12.1. The van der Waals surface area contributed by atoms with Gasteiger partial charge >= 0.3 is 5.97 Å². The Labute approximate surface area is 235 Å². The van der Waals surface area contributed by atoms with Gasteiger partial charge in [0.1, 0.15) is 5.75 Å². The number of hydrogen-bond donors (Lipinski definition) is 0. The Hall–Kier alpha value is -3.37. The molecule has 39 heavy (non-hydrogen) atoms. The summed E-state index contributed by atoms with van der Waals surface area (Å²) in [7, 11) is 0. The highest BCUT2D eigenvalue weighted by Gasteiger charge is 2.25. The van der Waals surface area contributed by atoms with Crippen LogP contribution in [0.1, 0.15) is 65.2 Å². The maximum Gasteiger partial charge on any atom is 0.316 e. The molecule has 0 radical (unpaired) electrons. The fraction of sp³-hybridized carbons (Fsp3) is 0.400. The number of piperazine rings is 1. The van der Waals surface area contributed by atoms with Gasteiger partial charge in [0.2, 0.25) is 0 Å². The van der Waals surface area contributed by atoms with E-state index in [9.17, 15) is 4.79 Å². The molecule has 3 aromatic rings. The van der Waals surface area contributed by atoms with E-state index in [1.165, 1.54) is 22.4 Å². The smallest absolute Gasteiger partial charge is 0.316 e. The Kier molecular flexibility index (Phi) is 8.97. The van der Waals surface area contributed by atoms with Crippen LogP contribution in [0.3, 0.4) is 0 Å². The summed E-state index contributed by atoms with van der Waals surface area (Å²) in [6, 6.07) is 28.2. The second-order valence-electron chi connectivity index (χ2n) is 12.1. The van der Waals surface area contributed by atoms with E-state index in [0.29, 0.717) is 11.8 Å². The molecule has 4 heteroatoms. The molecule has 0 N–H and O–H groups in total. The number of nitrogens with zero attached hydrogens (tertiary/aromatic N) is 2. The number of ether oxygens (including phenoxy) is 1. The number of rotatable bonds is 7. The minimum Gasteiger partial charge on any atom is -0.426 e. The first-order valence-electron chi connectivity index (χ1n) is 14.3. The SMILES string of the molecule is CC(C)/C(=C(/c1ccc(N2CCN(C(C)C)CC2)cc1)c1cccc(OC(=O)C(C)(C)C)c1)c1ccccc1. The molecular formula is C35H44N2O2. The first kappa shape index (κ1) is 28.6. The molecule has 0 spiro atoms. The lowest BCUT2D eigenvalue weighted by atomic mass is 9.84. The third-order valence-corrected chi connectivity index (χ3v) is 7.44. The first-order valence-corrected chi connectivity index (χ1v) is 14.3. The van der Waals surface area contributed by atoms with Crippen molar-refractivity contribution in [3.05, 3.63) is 95.6 Å². The molecule has 1 heterocycles. The monoisotopic (exact) mass is 524 g/mol. The largest absolute Gasteiger partial charge is 0.426 e. The van der Waals surface area contributed by atoms with Crippen LogP contribution in [-0.2, 0) is 4.79 Å². The fourth-order valence-electron chi connectivity index (χ4n) is 5.17. The van der Waals surface area contributed by atoms with Gasteiger partial charge in [-0.3, -0.25) is 9.69 Å². The predicted molar refractivity (Wildman–Crippen MR) is 164 cm³/mol. The topological polar surface area (TPSA) is 32.8 Å². The van der Waals surface area contributed by atoms with Crippen LogP contribution in [0.4, 0.5) is 5.69 Å². The van der Waals surface area contributed by atoms with E-state index in [1.54, 1.807) is 0 Å². The average Bonchev–Trinajstić information content (AvgIpc) is 2.92. The number of anilines is 1. The van der Waals surface area contributed by atoms with Crippen molar-refractivity contribution in [1.29, 1.82) is 0 Å². The van der Waals surface area contributed by atoms with Gasteiger partial charge in [-0.1, -0.05) is 68.4 Å². The molecule has 4 rings (SSSR count).